The maximum Gasteiger partial charge on any atom is 0.231 e. The lowest BCUT2D eigenvalue weighted by Crippen LogP contribution is -2.28. The Morgan fingerprint density at radius 3 is 2.87 bits per heavy atom. The lowest BCUT2D eigenvalue weighted by atomic mass is 10.0. The van der Waals surface area contributed by atoms with Crippen LogP contribution in [0.2, 0.25) is 0 Å². The van der Waals surface area contributed by atoms with Crippen molar-refractivity contribution in [3.05, 3.63) is 47.4 Å². The van der Waals surface area contributed by atoms with Crippen LogP contribution < -0.4 is 9.47 Å². The molecular weight excluding hydrogens is 380 g/mol. The van der Waals surface area contributed by atoms with E-state index in [0.29, 0.717) is 0 Å². The average Bonchev–Trinajstić information content (AvgIpc) is 3.46. The summed E-state index contributed by atoms with van der Waals surface area (Å²) in [7, 11) is 0. The maximum atomic E-state index is 5.76. The molecule has 4 heterocycles. The normalized spacial score (nSPS) is 19.2. The Morgan fingerprint density at radius 1 is 1.10 bits per heavy atom. The highest BCUT2D eigenvalue weighted by Crippen LogP contribution is 2.38. The van der Waals surface area contributed by atoms with Crippen LogP contribution in [0, 0.1) is 6.92 Å². The van der Waals surface area contributed by atoms with Gasteiger partial charge in [-0.3, -0.25) is 9.58 Å². The van der Waals surface area contributed by atoms with Gasteiger partial charge >= 0.3 is 0 Å². The summed E-state index contributed by atoms with van der Waals surface area (Å²) >= 11 is 0. The van der Waals surface area contributed by atoms with Gasteiger partial charge in [-0.2, -0.15) is 5.10 Å². The smallest absolute Gasteiger partial charge is 0.231 e. The number of aryl methyl sites for hydroxylation is 2. The van der Waals surface area contributed by atoms with Crippen molar-refractivity contribution in [1.82, 2.24) is 19.8 Å². The van der Waals surface area contributed by atoms with E-state index in [9.17, 15) is 0 Å². The Bertz CT molecular complexity index is 1030. The maximum absolute atomic E-state index is 5.76. The minimum Gasteiger partial charge on any atom is -0.454 e. The van der Waals surface area contributed by atoms with Gasteiger partial charge in [-0.05, 0) is 51.4 Å². The Labute approximate surface area is 176 Å². The molecule has 7 nitrogen and oxygen atoms in total. The first-order valence-electron chi connectivity index (χ1n) is 10.8. The molecule has 2 aliphatic heterocycles. The third-order valence-electron chi connectivity index (χ3n) is 6.14. The molecule has 0 saturated carbocycles. The standard InChI is InChI=1S/C23H28N4O3/c1-3-27-14-18(16(2)24-27)13-26-10-6-4-5-7-20(26)19-12-22(30-25-19)17-8-9-21-23(11-17)29-15-28-21/h8-9,11-12,14,20H,3-7,10,13,15H2,1-2H3/t20-/m1/s1. The summed E-state index contributed by atoms with van der Waals surface area (Å²) in [4.78, 5) is 2.54. The molecule has 0 N–H and O–H groups in total. The van der Waals surface area contributed by atoms with Crippen LogP contribution in [0.1, 0.15) is 55.6 Å². The van der Waals surface area contributed by atoms with Crippen molar-refractivity contribution < 1.29 is 14.0 Å². The molecule has 158 valence electrons. The number of benzene rings is 1. The molecule has 1 aromatic carbocycles. The summed E-state index contributed by atoms with van der Waals surface area (Å²) in [6, 6.07) is 8.21. The lowest BCUT2D eigenvalue weighted by Gasteiger charge is -2.28. The molecule has 0 radical (unpaired) electrons. The van der Waals surface area contributed by atoms with Gasteiger partial charge in [-0.25, -0.2) is 0 Å². The van der Waals surface area contributed by atoms with Gasteiger partial charge in [-0.15, -0.1) is 0 Å². The molecule has 0 amide bonds. The zero-order valence-electron chi connectivity index (χ0n) is 17.6. The zero-order valence-corrected chi connectivity index (χ0v) is 17.6. The van der Waals surface area contributed by atoms with Crippen LogP contribution in [0.4, 0.5) is 0 Å². The van der Waals surface area contributed by atoms with Crippen LogP contribution in [0.3, 0.4) is 0 Å². The van der Waals surface area contributed by atoms with Gasteiger partial charge in [0.15, 0.2) is 17.3 Å². The first kappa shape index (κ1) is 19.2. The fourth-order valence-electron chi connectivity index (χ4n) is 4.42. The van der Waals surface area contributed by atoms with Crippen molar-refractivity contribution in [3.8, 4) is 22.8 Å². The number of hydrogen-bond donors (Lipinski definition) is 0. The molecular formula is C23H28N4O3. The van der Waals surface area contributed by atoms with E-state index in [1.54, 1.807) is 0 Å². The number of fused-ring (bicyclic) bond motifs is 1. The van der Waals surface area contributed by atoms with E-state index in [-0.39, 0.29) is 12.8 Å². The van der Waals surface area contributed by atoms with Gasteiger partial charge in [0.1, 0.15) is 5.69 Å². The van der Waals surface area contributed by atoms with Gasteiger partial charge in [0.25, 0.3) is 0 Å². The number of aromatic nitrogens is 3. The number of nitrogens with zero attached hydrogens (tertiary/aromatic N) is 4. The predicted molar refractivity (Wildman–Crippen MR) is 112 cm³/mol. The molecule has 3 aromatic rings. The zero-order chi connectivity index (χ0) is 20.5. The number of ether oxygens (including phenoxy) is 2. The summed E-state index contributed by atoms with van der Waals surface area (Å²) in [6.45, 7) is 7.34. The summed E-state index contributed by atoms with van der Waals surface area (Å²) in [5.74, 6) is 2.30. The van der Waals surface area contributed by atoms with Crippen LogP contribution >= 0.6 is 0 Å². The van der Waals surface area contributed by atoms with Crippen LogP contribution in [0.15, 0.2) is 35.0 Å². The van der Waals surface area contributed by atoms with E-state index >= 15 is 0 Å². The average molecular weight is 409 g/mol. The van der Waals surface area contributed by atoms with Gasteiger partial charge in [-0.1, -0.05) is 18.0 Å². The summed E-state index contributed by atoms with van der Waals surface area (Å²) in [5.41, 5.74) is 4.37. The molecule has 0 unspecified atom stereocenters. The molecule has 0 bridgehead atoms. The molecule has 5 rings (SSSR count). The molecule has 2 aromatic heterocycles. The molecule has 0 spiro atoms. The summed E-state index contributed by atoms with van der Waals surface area (Å²) < 4.78 is 18.7. The monoisotopic (exact) mass is 408 g/mol. The Morgan fingerprint density at radius 2 is 2.00 bits per heavy atom. The van der Waals surface area contributed by atoms with E-state index in [4.69, 9.17) is 14.0 Å². The van der Waals surface area contributed by atoms with Crippen molar-refractivity contribution in [2.45, 2.75) is 58.7 Å². The minimum absolute atomic E-state index is 0.253. The van der Waals surface area contributed by atoms with E-state index in [2.05, 4.69) is 41.3 Å². The van der Waals surface area contributed by atoms with Crippen LogP contribution in [0.25, 0.3) is 11.3 Å². The molecule has 2 aliphatic rings. The topological polar surface area (TPSA) is 65.5 Å². The summed E-state index contributed by atoms with van der Waals surface area (Å²) in [6.07, 6.45) is 6.95. The highest BCUT2D eigenvalue weighted by molar-refractivity contribution is 5.63. The molecule has 30 heavy (non-hydrogen) atoms. The highest BCUT2D eigenvalue weighted by Gasteiger charge is 2.27. The van der Waals surface area contributed by atoms with Crippen LogP contribution in [-0.4, -0.2) is 33.2 Å². The molecule has 0 aliphatic carbocycles. The van der Waals surface area contributed by atoms with Gasteiger partial charge in [0, 0.05) is 36.5 Å². The number of rotatable bonds is 5. The van der Waals surface area contributed by atoms with Crippen molar-refractivity contribution >= 4 is 0 Å². The Kier molecular flexibility index (Phi) is 5.21. The lowest BCUT2D eigenvalue weighted by molar-refractivity contribution is 0.174. The highest BCUT2D eigenvalue weighted by atomic mass is 16.7. The quantitative estimate of drug-likeness (QED) is 0.609. The van der Waals surface area contributed by atoms with Crippen molar-refractivity contribution in [2.75, 3.05) is 13.3 Å². The largest absolute Gasteiger partial charge is 0.454 e. The van der Waals surface area contributed by atoms with E-state index in [0.717, 1.165) is 60.3 Å². The molecule has 1 atom stereocenters. The second-order valence-corrected chi connectivity index (χ2v) is 8.12. The fraction of sp³-hybridized carbons (Fsp3) is 0.478. The van der Waals surface area contributed by atoms with Crippen LogP contribution in [-0.2, 0) is 13.1 Å². The third kappa shape index (κ3) is 3.69. The van der Waals surface area contributed by atoms with Gasteiger partial charge < -0.3 is 14.0 Å². The number of hydrogen-bond acceptors (Lipinski definition) is 6. The number of likely N-dealkylation sites (tertiary alicyclic amines) is 1. The van der Waals surface area contributed by atoms with Gasteiger partial charge in [0.05, 0.1) is 11.7 Å². The SMILES string of the molecule is CCn1cc(CN2CCCCC[C@@H]2c2cc(-c3ccc4c(c3)OCO4)on2)c(C)n1. The molecule has 1 fully saturated rings. The summed E-state index contributed by atoms with van der Waals surface area (Å²) in [5, 5.41) is 9.10. The minimum atomic E-state index is 0.253. The van der Waals surface area contributed by atoms with E-state index < -0.39 is 0 Å². The van der Waals surface area contributed by atoms with Gasteiger partial charge in [0.2, 0.25) is 6.79 Å². The Balaban J connectivity index is 1.40. The fourth-order valence-corrected chi connectivity index (χ4v) is 4.42. The first-order chi connectivity index (χ1) is 14.7. The third-order valence-corrected chi connectivity index (χ3v) is 6.14. The predicted octanol–water partition coefficient (Wildman–Crippen LogP) is 4.71. The molecule has 1 saturated heterocycles. The van der Waals surface area contributed by atoms with E-state index in [1.807, 2.05) is 22.9 Å². The second-order valence-electron chi connectivity index (χ2n) is 8.12. The second kappa shape index (κ2) is 8.14. The first-order valence-corrected chi connectivity index (χ1v) is 10.8. The van der Waals surface area contributed by atoms with Crippen molar-refractivity contribution in [2.24, 2.45) is 0 Å². The van der Waals surface area contributed by atoms with Crippen LogP contribution in [0.5, 0.6) is 11.5 Å². The van der Waals surface area contributed by atoms with Crippen molar-refractivity contribution in [1.29, 1.82) is 0 Å². The van der Waals surface area contributed by atoms with E-state index in [1.165, 1.54) is 24.8 Å². The van der Waals surface area contributed by atoms with Crippen molar-refractivity contribution in [3.63, 3.8) is 0 Å². The molecule has 7 heteroatoms. The Hall–Kier alpha value is -2.80.